The first-order valence-corrected chi connectivity index (χ1v) is 7.21. The number of aryl methyl sites for hydroxylation is 2. The lowest BCUT2D eigenvalue weighted by atomic mass is 10.1. The molecular formula is C17H19ClN2O. The Kier molecular flexibility index (Phi) is 4.86. The van der Waals surface area contributed by atoms with Crippen molar-refractivity contribution < 1.29 is 4.79 Å². The van der Waals surface area contributed by atoms with E-state index in [1.54, 1.807) is 12.1 Å². The van der Waals surface area contributed by atoms with Crippen LogP contribution in [0.1, 0.15) is 16.7 Å². The third-order valence-corrected chi connectivity index (χ3v) is 3.75. The van der Waals surface area contributed by atoms with Crippen molar-refractivity contribution in [1.82, 2.24) is 0 Å². The van der Waals surface area contributed by atoms with Crippen LogP contribution >= 0.6 is 11.6 Å². The molecule has 0 radical (unpaired) electrons. The van der Waals surface area contributed by atoms with Crippen LogP contribution in [0, 0.1) is 20.8 Å². The minimum Gasteiger partial charge on any atom is -0.376 e. The fourth-order valence-corrected chi connectivity index (χ4v) is 2.21. The maximum Gasteiger partial charge on any atom is 0.243 e. The SMILES string of the molecule is Cc1ccc(Cl)cc1NC(=O)CNc1cccc(C)c1C. The first kappa shape index (κ1) is 15.4. The van der Waals surface area contributed by atoms with Crippen molar-refractivity contribution in [3.05, 3.63) is 58.1 Å². The smallest absolute Gasteiger partial charge is 0.243 e. The molecule has 0 bridgehead atoms. The first-order valence-electron chi connectivity index (χ1n) is 6.83. The molecule has 0 saturated heterocycles. The zero-order valence-corrected chi connectivity index (χ0v) is 13.2. The number of nitrogens with one attached hydrogen (secondary N) is 2. The Morgan fingerprint density at radius 3 is 2.57 bits per heavy atom. The molecule has 0 aliphatic carbocycles. The summed E-state index contributed by atoms with van der Waals surface area (Å²) in [6, 6.07) is 11.4. The largest absolute Gasteiger partial charge is 0.376 e. The van der Waals surface area contributed by atoms with Crippen molar-refractivity contribution >= 4 is 28.9 Å². The van der Waals surface area contributed by atoms with Crippen LogP contribution in [0.25, 0.3) is 0 Å². The maximum atomic E-state index is 12.0. The highest BCUT2D eigenvalue weighted by atomic mass is 35.5. The molecule has 0 spiro atoms. The summed E-state index contributed by atoms with van der Waals surface area (Å²) in [6.45, 7) is 6.24. The van der Waals surface area contributed by atoms with E-state index in [2.05, 4.69) is 23.6 Å². The van der Waals surface area contributed by atoms with Gasteiger partial charge in [-0.3, -0.25) is 4.79 Å². The predicted molar refractivity (Wildman–Crippen MR) is 89.2 cm³/mol. The molecule has 21 heavy (non-hydrogen) atoms. The van der Waals surface area contributed by atoms with Gasteiger partial charge < -0.3 is 10.6 Å². The van der Waals surface area contributed by atoms with Crippen LogP contribution in [0.4, 0.5) is 11.4 Å². The summed E-state index contributed by atoms with van der Waals surface area (Å²) in [6.07, 6.45) is 0. The Labute approximate surface area is 130 Å². The van der Waals surface area contributed by atoms with Gasteiger partial charge in [0.1, 0.15) is 0 Å². The van der Waals surface area contributed by atoms with Gasteiger partial charge in [0.15, 0.2) is 0 Å². The van der Waals surface area contributed by atoms with E-state index in [0.29, 0.717) is 5.02 Å². The van der Waals surface area contributed by atoms with Crippen molar-refractivity contribution in [2.24, 2.45) is 0 Å². The van der Waals surface area contributed by atoms with E-state index in [0.717, 1.165) is 22.5 Å². The monoisotopic (exact) mass is 302 g/mol. The predicted octanol–water partition coefficient (Wildman–Crippen LogP) is 4.32. The molecule has 4 heteroatoms. The molecule has 0 atom stereocenters. The zero-order valence-electron chi connectivity index (χ0n) is 12.5. The van der Waals surface area contributed by atoms with Crippen LogP contribution in [0.5, 0.6) is 0 Å². The lowest BCUT2D eigenvalue weighted by Crippen LogP contribution is -2.22. The molecule has 0 aromatic heterocycles. The van der Waals surface area contributed by atoms with Gasteiger partial charge in [-0.15, -0.1) is 0 Å². The number of amides is 1. The summed E-state index contributed by atoms with van der Waals surface area (Å²) in [7, 11) is 0. The Morgan fingerprint density at radius 2 is 1.81 bits per heavy atom. The molecular weight excluding hydrogens is 284 g/mol. The third kappa shape index (κ3) is 3.99. The molecule has 0 aliphatic rings. The average Bonchev–Trinajstić information content (AvgIpc) is 2.44. The first-order chi connectivity index (χ1) is 9.97. The highest BCUT2D eigenvalue weighted by Gasteiger charge is 2.07. The number of anilines is 2. The number of carbonyl (C=O) groups excluding carboxylic acids is 1. The number of rotatable bonds is 4. The summed E-state index contributed by atoms with van der Waals surface area (Å²) in [5.74, 6) is -0.0960. The number of benzene rings is 2. The molecule has 2 rings (SSSR count). The van der Waals surface area contributed by atoms with E-state index < -0.39 is 0 Å². The standard InChI is InChI=1S/C17H19ClN2O/c1-11-5-4-6-15(13(11)3)19-10-17(21)20-16-9-14(18)8-7-12(16)2/h4-9,19H,10H2,1-3H3,(H,20,21). The number of hydrogen-bond acceptors (Lipinski definition) is 2. The average molecular weight is 303 g/mol. The molecule has 110 valence electrons. The van der Waals surface area contributed by atoms with Crippen molar-refractivity contribution in [3.63, 3.8) is 0 Å². The lowest BCUT2D eigenvalue weighted by molar-refractivity contribution is -0.114. The second kappa shape index (κ2) is 6.64. The third-order valence-electron chi connectivity index (χ3n) is 3.52. The summed E-state index contributed by atoms with van der Waals surface area (Å²) in [4.78, 5) is 12.0. The van der Waals surface area contributed by atoms with Gasteiger partial charge in [0.2, 0.25) is 5.91 Å². The van der Waals surface area contributed by atoms with Crippen LogP contribution in [-0.2, 0) is 4.79 Å². The van der Waals surface area contributed by atoms with Gasteiger partial charge in [0, 0.05) is 16.4 Å². The van der Waals surface area contributed by atoms with Gasteiger partial charge in [0.25, 0.3) is 0 Å². The van der Waals surface area contributed by atoms with Gasteiger partial charge in [-0.25, -0.2) is 0 Å². The molecule has 3 nitrogen and oxygen atoms in total. The van der Waals surface area contributed by atoms with Gasteiger partial charge >= 0.3 is 0 Å². The van der Waals surface area contributed by atoms with E-state index in [4.69, 9.17) is 11.6 Å². The summed E-state index contributed by atoms with van der Waals surface area (Å²) in [5.41, 5.74) is 5.07. The van der Waals surface area contributed by atoms with Crippen LogP contribution in [0.2, 0.25) is 5.02 Å². The van der Waals surface area contributed by atoms with Crippen molar-refractivity contribution in [2.45, 2.75) is 20.8 Å². The van der Waals surface area contributed by atoms with E-state index in [1.807, 2.05) is 32.0 Å². The molecule has 2 aromatic carbocycles. The quantitative estimate of drug-likeness (QED) is 0.883. The highest BCUT2D eigenvalue weighted by Crippen LogP contribution is 2.20. The summed E-state index contributed by atoms with van der Waals surface area (Å²) < 4.78 is 0. The maximum absolute atomic E-state index is 12.0. The normalized spacial score (nSPS) is 10.3. The molecule has 0 saturated carbocycles. The molecule has 2 aromatic rings. The second-order valence-electron chi connectivity index (χ2n) is 5.11. The van der Waals surface area contributed by atoms with E-state index in [9.17, 15) is 4.79 Å². The fraction of sp³-hybridized carbons (Fsp3) is 0.235. The Bertz CT molecular complexity index is 668. The lowest BCUT2D eigenvalue weighted by Gasteiger charge is -2.12. The number of hydrogen-bond donors (Lipinski definition) is 2. The zero-order chi connectivity index (χ0) is 15.4. The minimum atomic E-state index is -0.0960. The molecule has 0 unspecified atom stereocenters. The molecule has 0 fully saturated rings. The van der Waals surface area contributed by atoms with Gasteiger partial charge in [-0.2, -0.15) is 0 Å². The summed E-state index contributed by atoms with van der Waals surface area (Å²) >= 11 is 5.94. The van der Waals surface area contributed by atoms with Gasteiger partial charge in [-0.05, 0) is 55.7 Å². The number of halogens is 1. The van der Waals surface area contributed by atoms with Crippen molar-refractivity contribution in [3.8, 4) is 0 Å². The highest BCUT2D eigenvalue weighted by molar-refractivity contribution is 6.31. The minimum absolute atomic E-state index is 0.0960. The topological polar surface area (TPSA) is 41.1 Å². The molecule has 1 amide bonds. The van der Waals surface area contributed by atoms with E-state index >= 15 is 0 Å². The Hall–Kier alpha value is -2.00. The fourth-order valence-electron chi connectivity index (χ4n) is 2.04. The van der Waals surface area contributed by atoms with E-state index in [-0.39, 0.29) is 12.5 Å². The Balaban J connectivity index is 1.99. The van der Waals surface area contributed by atoms with Crippen LogP contribution < -0.4 is 10.6 Å². The van der Waals surface area contributed by atoms with Crippen molar-refractivity contribution in [1.29, 1.82) is 0 Å². The van der Waals surface area contributed by atoms with Crippen LogP contribution in [-0.4, -0.2) is 12.5 Å². The Morgan fingerprint density at radius 1 is 1.05 bits per heavy atom. The second-order valence-corrected chi connectivity index (χ2v) is 5.54. The van der Waals surface area contributed by atoms with Crippen molar-refractivity contribution in [2.75, 3.05) is 17.2 Å². The number of carbonyl (C=O) groups is 1. The molecule has 0 heterocycles. The van der Waals surface area contributed by atoms with Crippen LogP contribution in [0.15, 0.2) is 36.4 Å². The van der Waals surface area contributed by atoms with Gasteiger partial charge in [-0.1, -0.05) is 29.8 Å². The summed E-state index contributed by atoms with van der Waals surface area (Å²) in [5, 5.41) is 6.64. The van der Waals surface area contributed by atoms with Crippen LogP contribution in [0.3, 0.4) is 0 Å². The molecule has 2 N–H and O–H groups in total. The van der Waals surface area contributed by atoms with Gasteiger partial charge in [0.05, 0.1) is 6.54 Å². The molecule has 0 aliphatic heterocycles. The van der Waals surface area contributed by atoms with E-state index in [1.165, 1.54) is 5.56 Å².